The number of aliphatic carboxylic acids is 1. The van der Waals surface area contributed by atoms with E-state index in [1.165, 1.54) is 6.26 Å². The van der Waals surface area contributed by atoms with Crippen molar-refractivity contribution in [2.24, 2.45) is 0 Å². The molecule has 0 amide bonds. The van der Waals surface area contributed by atoms with Gasteiger partial charge in [0.2, 0.25) is 0 Å². The average Bonchev–Trinajstić information content (AvgIpc) is 2.88. The predicted octanol–water partition coefficient (Wildman–Crippen LogP) is 2.49. The summed E-state index contributed by atoms with van der Waals surface area (Å²) in [5, 5.41) is 9.11. The summed E-state index contributed by atoms with van der Waals surface area (Å²) in [6, 6.07) is 12.9. The number of ether oxygens (including phenoxy) is 1. The Balaban J connectivity index is 1.94. The molecule has 0 saturated heterocycles. The zero-order valence-corrected chi connectivity index (χ0v) is 9.78. The highest BCUT2D eigenvalue weighted by atomic mass is 16.5. The third kappa shape index (κ3) is 3.46. The summed E-state index contributed by atoms with van der Waals surface area (Å²) in [5.74, 6) is -0.347. The van der Waals surface area contributed by atoms with Crippen LogP contribution in [0.1, 0.15) is 11.3 Å². The molecule has 1 atom stereocenters. The van der Waals surface area contributed by atoms with E-state index in [0.29, 0.717) is 12.2 Å². The number of furan rings is 1. The van der Waals surface area contributed by atoms with Crippen molar-refractivity contribution in [3.8, 4) is 0 Å². The van der Waals surface area contributed by atoms with Gasteiger partial charge in [-0.05, 0) is 17.7 Å². The topological polar surface area (TPSA) is 59.7 Å². The highest BCUT2D eigenvalue weighted by molar-refractivity contribution is 5.72. The van der Waals surface area contributed by atoms with Gasteiger partial charge < -0.3 is 14.3 Å². The lowest BCUT2D eigenvalue weighted by Crippen LogP contribution is -2.26. The van der Waals surface area contributed by atoms with Gasteiger partial charge in [0.15, 0.2) is 6.10 Å². The standard InChI is InChI=1S/C14H14O4/c15-14(16)13(9-11-5-2-1-3-6-11)18-10-12-7-4-8-17-12/h1-8,13H,9-10H2,(H,15,16)/t13-/m0/s1. The van der Waals surface area contributed by atoms with E-state index in [9.17, 15) is 4.79 Å². The Kier molecular flexibility index (Phi) is 4.15. The van der Waals surface area contributed by atoms with Crippen LogP contribution in [0.25, 0.3) is 0 Å². The van der Waals surface area contributed by atoms with Crippen LogP contribution >= 0.6 is 0 Å². The van der Waals surface area contributed by atoms with Crippen LogP contribution in [-0.2, 0) is 22.6 Å². The van der Waals surface area contributed by atoms with Gasteiger partial charge in [-0.3, -0.25) is 0 Å². The van der Waals surface area contributed by atoms with Gasteiger partial charge in [-0.2, -0.15) is 0 Å². The molecule has 1 heterocycles. The van der Waals surface area contributed by atoms with Crippen LogP contribution in [0.3, 0.4) is 0 Å². The number of carbonyl (C=O) groups is 1. The minimum absolute atomic E-state index is 0.163. The second-order valence-corrected chi connectivity index (χ2v) is 3.91. The Morgan fingerprint density at radius 3 is 2.61 bits per heavy atom. The Morgan fingerprint density at radius 2 is 2.00 bits per heavy atom. The summed E-state index contributed by atoms with van der Waals surface area (Å²) >= 11 is 0. The van der Waals surface area contributed by atoms with Gasteiger partial charge >= 0.3 is 5.97 Å². The highest BCUT2D eigenvalue weighted by Crippen LogP contribution is 2.10. The van der Waals surface area contributed by atoms with Crippen molar-refractivity contribution in [3.63, 3.8) is 0 Å². The van der Waals surface area contributed by atoms with Crippen LogP contribution < -0.4 is 0 Å². The zero-order valence-electron chi connectivity index (χ0n) is 9.78. The molecule has 4 heteroatoms. The van der Waals surface area contributed by atoms with Gasteiger partial charge in [0.05, 0.1) is 6.26 Å². The lowest BCUT2D eigenvalue weighted by Gasteiger charge is -2.12. The van der Waals surface area contributed by atoms with Crippen molar-refractivity contribution in [1.82, 2.24) is 0 Å². The molecule has 4 nitrogen and oxygen atoms in total. The fraction of sp³-hybridized carbons (Fsp3) is 0.214. The van der Waals surface area contributed by atoms with Crippen LogP contribution in [-0.4, -0.2) is 17.2 Å². The maximum atomic E-state index is 11.1. The number of benzene rings is 1. The molecule has 94 valence electrons. The molecule has 0 aliphatic heterocycles. The van der Waals surface area contributed by atoms with Crippen LogP contribution in [0.15, 0.2) is 53.1 Å². The van der Waals surface area contributed by atoms with Gasteiger partial charge in [-0.1, -0.05) is 30.3 Å². The van der Waals surface area contributed by atoms with Crippen LogP contribution in [0.2, 0.25) is 0 Å². The van der Waals surface area contributed by atoms with E-state index in [-0.39, 0.29) is 6.61 Å². The molecule has 0 saturated carbocycles. The summed E-state index contributed by atoms with van der Waals surface area (Å²) in [5.41, 5.74) is 0.935. The number of hydrogen-bond acceptors (Lipinski definition) is 3. The minimum Gasteiger partial charge on any atom is -0.479 e. The van der Waals surface area contributed by atoms with E-state index in [2.05, 4.69) is 0 Å². The molecule has 2 rings (SSSR count). The lowest BCUT2D eigenvalue weighted by molar-refractivity contribution is -0.151. The first kappa shape index (κ1) is 12.4. The molecule has 1 aromatic carbocycles. The quantitative estimate of drug-likeness (QED) is 0.850. The molecule has 2 aromatic rings. The van der Waals surface area contributed by atoms with Crippen molar-refractivity contribution in [2.45, 2.75) is 19.1 Å². The zero-order chi connectivity index (χ0) is 12.8. The molecular formula is C14H14O4. The third-order valence-electron chi connectivity index (χ3n) is 2.55. The Morgan fingerprint density at radius 1 is 1.22 bits per heavy atom. The fourth-order valence-electron chi connectivity index (χ4n) is 1.62. The minimum atomic E-state index is -0.967. The first-order chi connectivity index (χ1) is 8.75. The summed E-state index contributed by atoms with van der Waals surface area (Å²) in [6.45, 7) is 0.163. The number of carboxylic acids is 1. The molecule has 0 bridgehead atoms. The molecule has 0 fully saturated rings. The normalized spacial score (nSPS) is 12.2. The molecule has 1 N–H and O–H groups in total. The number of rotatable bonds is 6. The first-order valence-corrected chi connectivity index (χ1v) is 5.66. The van der Waals surface area contributed by atoms with Crippen molar-refractivity contribution >= 4 is 5.97 Å². The van der Waals surface area contributed by atoms with Crippen LogP contribution in [0, 0.1) is 0 Å². The Hall–Kier alpha value is -2.07. The number of carboxylic acid groups (broad SMARTS) is 1. The summed E-state index contributed by atoms with van der Waals surface area (Å²) in [7, 11) is 0. The largest absolute Gasteiger partial charge is 0.479 e. The lowest BCUT2D eigenvalue weighted by atomic mass is 10.1. The molecule has 0 spiro atoms. The Bertz CT molecular complexity index is 476. The van der Waals surface area contributed by atoms with Gasteiger partial charge in [0.25, 0.3) is 0 Å². The predicted molar refractivity (Wildman–Crippen MR) is 65.1 cm³/mol. The Labute approximate surface area is 105 Å². The average molecular weight is 246 g/mol. The first-order valence-electron chi connectivity index (χ1n) is 5.66. The molecule has 0 radical (unpaired) electrons. The monoisotopic (exact) mass is 246 g/mol. The van der Waals surface area contributed by atoms with E-state index in [4.69, 9.17) is 14.3 Å². The van der Waals surface area contributed by atoms with Gasteiger partial charge in [-0.25, -0.2) is 4.79 Å². The van der Waals surface area contributed by atoms with Gasteiger partial charge in [0.1, 0.15) is 12.4 Å². The second kappa shape index (κ2) is 6.02. The molecule has 0 aliphatic carbocycles. The molecular weight excluding hydrogens is 232 g/mol. The highest BCUT2D eigenvalue weighted by Gasteiger charge is 2.19. The van der Waals surface area contributed by atoms with Gasteiger partial charge in [0, 0.05) is 6.42 Å². The van der Waals surface area contributed by atoms with Crippen molar-refractivity contribution < 1.29 is 19.1 Å². The number of hydrogen-bond donors (Lipinski definition) is 1. The maximum absolute atomic E-state index is 11.1. The molecule has 0 unspecified atom stereocenters. The maximum Gasteiger partial charge on any atom is 0.333 e. The van der Waals surface area contributed by atoms with Crippen molar-refractivity contribution in [2.75, 3.05) is 0 Å². The van der Waals surface area contributed by atoms with E-state index in [1.807, 2.05) is 30.3 Å². The molecule has 18 heavy (non-hydrogen) atoms. The van der Waals surface area contributed by atoms with Crippen molar-refractivity contribution in [1.29, 1.82) is 0 Å². The van der Waals surface area contributed by atoms with Crippen LogP contribution in [0.4, 0.5) is 0 Å². The van der Waals surface area contributed by atoms with E-state index in [1.54, 1.807) is 12.1 Å². The summed E-state index contributed by atoms with van der Waals surface area (Å²) < 4.78 is 10.5. The van der Waals surface area contributed by atoms with E-state index in [0.717, 1.165) is 5.56 Å². The second-order valence-electron chi connectivity index (χ2n) is 3.91. The van der Waals surface area contributed by atoms with Gasteiger partial charge in [-0.15, -0.1) is 0 Å². The molecule has 0 aliphatic rings. The van der Waals surface area contributed by atoms with E-state index < -0.39 is 12.1 Å². The fourth-order valence-corrected chi connectivity index (χ4v) is 1.62. The summed E-state index contributed by atoms with van der Waals surface area (Å²) in [6.07, 6.45) is 1.01. The third-order valence-corrected chi connectivity index (χ3v) is 2.55. The SMILES string of the molecule is O=C(O)[C@H](Cc1ccccc1)OCc1ccco1. The smallest absolute Gasteiger partial charge is 0.333 e. The van der Waals surface area contributed by atoms with Crippen LogP contribution in [0.5, 0.6) is 0 Å². The van der Waals surface area contributed by atoms with Crippen molar-refractivity contribution in [3.05, 3.63) is 60.1 Å². The summed E-state index contributed by atoms with van der Waals surface area (Å²) in [4.78, 5) is 11.1. The van der Waals surface area contributed by atoms with E-state index >= 15 is 0 Å². The molecule has 1 aromatic heterocycles.